The van der Waals surface area contributed by atoms with E-state index in [1.54, 1.807) is 0 Å². The third-order valence-electron chi connectivity index (χ3n) is 3.71. The van der Waals surface area contributed by atoms with Crippen molar-refractivity contribution in [1.82, 2.24) is 4.90 Å². The first kappa shape index (κ1) is 20.2. The second-order valence-corrected chi connectivity index (χ2v) is 7.26. The largest absolute Gasteiger partial charge is 0.444 e. The molecule has 0 saturated carbocycles. The van der Waals surface area contributed by atoms with Crippen LogP contribution >= 0.6 is 0 Å². The summed E-state index contributed by atoms with van der Waals surface area (Å²) in [6.07, 6.45) is 0.348. The Labute approximate surface area is 145 Å². The summed E-state index contributed by atoms with van der Waals surface area (Å²) in [7, 11) is 0. The number of nitrogens with zero attached hydrogens (tertiary/aromatic N) is 1. The number of carbonyl (C=O) groups is 2. The molecule has 1 unspecified atom stereocenters. The van der Waals surface area contributed by atoms with E-state index in [-0.39, 0.29) is 30.4 Å². The molecular weight excluding hydrogens is 304 g/mol. The van der Waals surface area contributed by atoms with Crippen molar-refractivity contribution >= 4 is 11.9 Å². The van der Waals surface area contributed by atoms with Gasteiger partial charge in [-0.2, -0.15) is 0 Å². The molecule has 24 heavy (non-hydrogen) atoms. The Bertz CT molecular complexity index is 535. The van der Waals surface area contributed by atoms with Gasteiger partial charge in [0.1, 0.15) is 5.60 Å². The fourth-order valence-corrected chi connectivity index (χ4v) is 2.17. The van der Waals surface area contributed by atoms with Crippen LogP contribution in [-0.2, 0) is 9.53 Å². The van der Waals surface area contributed by atoms with Crippen molar-refractivity contribution in [1.29, 1.82) is 0 Å². The van der Waals surface area contributed by atoms with E-state index in [4.69, 9.17) is 10.5 Å². The van der Waals surface area contributed by atoms with Crippen molar-refractivity contribution in [2.75, 3.05) is 13.1 Å². The maximum Gasteiger partial charge on any atom is 0.410 e. The smallest absolute Gasteiger partial charge is 0.410 e. The van der Waals surface area contributed by atoms with Crippen molar-refractivity contribution in [2.45, 2.75) is 52.7 Å². The number of hydrogen-bond donors (Lipinski definition) is 1. The molecule has 1 fully saturated rings. The minimum absolute atomic E-state index is 0.0729. The Hall–Kier alpha value is -1.88. The highest BCUT2D eigenvalue weighted by Crippen LogP contribution is 2.16. The van der Waals surface area contributed by atoms with E-state index in [2.05, 4.69) is 0 Å². The van der Waals surface area contributed by atoms with Crippen LogP contribution in [-0.4, -0.2) is 35.5 Å². The van der Waals surface area contributed by atoms with Gasteiger partial charge in [0.2, 0.25) is 0 Å². The molecule has 1 aliphatic heterocycles. The van der Waals surface area contributed by atoms with Gasteiger partial charge in [-0.1, -0.05) is 37.3 Å². The number of benzene rings is 1. The van der Waals surface area contributed by atoms with E-state index >= 15 is 0 Å². The van der Waals surface area contributed by atoms with Gasteiger partial charge in [0.15, 0.2) is 5.78 Å². The average molecular weight is 334 g/mol. The summed E-state index contributed by atoms with van der Waals surface area (Å²) in [6.45, 7) is 10.1. The molecule has 2 rings (SSSR count). The molecule has 134 valence electrons. The lowest BCUT2D eigenvalue weighted by Crippen LogP contribution is -2.45. The molecule has 1 heterocycles. The number of rotatable bonds is 1. The van der Waals surface area contributed by atoms with Crippen molar-refractivity contribution in [2.24, 2.45) is 11.7 Å². The van der Waals surface area contributed by atoms with Crippen LogP contribution in [0.25, 0.3) is 0 Å². The molecule has 5 nitrogen and oxygen atoms in total. The van der Waals surface area contributed by atoms with Gasteiger partial charge < -0.3 is 15.4 Å². The lowest BCUT2D eigenvalue weighted by atomic mass is 9.98. The first-order valence-electron chi connectivity index (χ1n) is 8.41. The Morgan fingerprint density at radius 2 is 1.88 bits per heavy atom. The highest BCUT2D eigenvalue weighted by molar-refractivity contribution is 5.86. The van der Waals surface area contributed by atoms with E-state index in [1.807, 2.05) is 65.0 Å². The van der Waals surface area contributed by atoms with E-state index in [0.29, 0.717) is 6.54 Å². The zero-order chi connectivity index (χ0) is 18.3. The zero-order valence-electron chi connectivity index (χ0n) is 15.4. The third kappa shape index (κ3) is 7.13. The van der Waals surface area contributed by atoms with Crippen LogP contribution in [0.3, 0.4) is 0 Å². The number of amides is 1. The molecule has 0 spiro atoms. The van der Waals surface area contributed by atoms with Crippen LogP contribution in [0.1, 0.15) is 52.6 Å². The van der Waals surface area contributed by atoms with Gasteiger partial charge in [-0.25, -0.2) is 4.79 Å². The number of ketones is 1. The van der Waals surface area contributed by atoms with Crippen LogP contribution in [0.2, 0.25) is 0 Å². The molecular formula is C19H30N2O3. The van der Waals surface area contributed by atoms with E-state index < -0.39 is 5.60 Å². The van der Waals surface area contributed by atoms with Gasteiger partial charge in [0, 0.05) is 18.5 Å². The number of Topliss-reactive ketones (excluding diaryl/α,β-unsaturated/α-hetero) is 1. The number of piperidine rings is 1. The topological polar surface area (TPSA) is 72.6 Å². The van der Waals surface area contributed by atoms with Crippen molar-refractivity contribution < 1.29 is 14.3 Å². The number of ether oxygens (including phenoxy) is 1. The van der Waals surface area contributed by atoms with Gasteiger partial charge in [0.25, 0.3) is 0 Å². The monoisotopic (exact) mass is 334 g/mol. The first-order chi connectivity index (χ1) is 11.1. The Morgan fingerprint density at radius 1 is 1.29 bits per heavy atom. The number of hydrogen-bond acceptors (Lipinski definition) is 4. The van der Waals surface area contributed by atoms with Crippen LogP contribution in [0, 0.1) is 5.92 Å². The quantitative estimate of drug-likeness (QED) is 0.852. The van der Waals surface area contributed by atoms with E-state index in [1.165, 1.54) is 10.5 Å². The lowest BCUT2D eigenvalue weighted by Gasteiger charge is -2.31. The molecule has 1 aliphatic rings. The fraction of sp³-hybridized carbons (Fsp3) is 0.579. The summed E-state index contributed by atoms with van der Waals surface area (Å²) in [6, 6.07) is 10.2. The van der Waals surface area contributed by atoms with Gasteiger partial charge in [-0.3, -0.25) is 4.79 Å². The Morgan fingerprint density at radius 3 is 2.29 bits per heavy atom. The summed E-state index contributed by atoms with van der Waals surface area (Å²) < 4.78 is 5.20. The van der Waals surface area contributed by atoms with Crippen LogP contribution in [0.5, 0.6) is 0 Å². The predicted octanol–water partition coefficient (Wildman–Crippen LogP) is 3.54. The van der Waals surface area contributed by atoms with Gasteiger partial charge in [-0.05, 0) is 39.7 Å². The summed E-state index contributed by atoms with van der Waals surface area (Å²) >= 11 is 0. The summed E-state index contributed by atoms with van der Waals surface area (Å²) in [5.74, 6) is 0.191. The molecule has 0 radical (unpaired) electrons. The van der Waals surface area contributed by atoms with Crippen LogP contribution in [0.4, 0.5) is 4.79 Å². The van der Waals surface area contributed by atoms with E-state index in [0.717, 1.165) is 6.42 Å². The van der Waals surface area contributed by atoms with Crippen molar-refractivity contribution in [3.05, 3.63) is 35.9 Å². The minimum Gasteiger partial charge on any atom is -0.444 e. The molecule has 1 saturated heterocycles. The van der Waals surface area contributed by atoms with Gasteiger partial charge >= 0.3 is 6.09 Å². The molecule has 5 heteroatoms. The number of likely N-dealkylation sites (tertiary alicyclic amines) is 1. The maximum atomic E-state index is 11.6. The summed E-state index contributed by atoms with van der Waals surface area (Å²) in [5.41, 5.74) is 6.31. The van der Waals surface area contributed by atoms with Crippen LogP contribution in [0.15, 0.2) is 30.3 Å². The molecule has 0 aromatic heterocycles. The SMILES string of the molecule is CC1CCN(C(=O)OC(C)(C)C)CC1=O.C[C@@H](N)c1ccccc1. The molecule has 0 bridgehead atoms. The normalized spacial score (nSPS) is 19.2. The first-order valence-corrected chi connectivity index (χ1v) is 8.41. The minimum atomic E-state index is -0.497. The van der Waals surface area contributed by atoms with Crippen LogP contribution < -0.4 is 5.73 Å². The standard InChI is InChI=1S/C11H19NO3.C8H11N/c1-8-5-6-12(7-9(8)13)10(14)15-11(2,3)4;1-7(9)8-5-3-2-4-6-8/h8H,5-7H2,1-4H3;2-7H,9H2,1H3/t;7-/m.1/s1. The number of nitrogens with two attached hydrogens (primary N) is 1. The molecule has 1 aromatic carbocycles. The highest BCUT2D eigenvalue weighted by Gasteiger charge is 2.29. The summed E-state index contributed by atoms with van der Waals surface area (Å²) in [4.78, 5) is 24.5. The van der Waals surface area contributed by atoms with Gasteiger partial charge in [0.05, 0.1) is 6.54 Å². The van der Waals surface area contributed by atoms with Crippen molar-refractivity contribution in [3.63, 3.8) is 0 Å². The second-order valence-electron chi connectivity index (χ2n) is 7.26. The van der Waals surface area contributed by atoms with Crippen molar-refractivity contribution in [3.8, 4) is 0 Å². The second kappa shape index (κ2) is 8.83. The Balaban J connectivity index is 0.000000272. The predicted molar refractivity (Wildman–Crippen MR) is 95.6 cm³/mol. The fourth-order valence-electron chi connectivity index (χ4n) is 2.17. The molecule has 2 N–H and O–H groups in total. The maximum absolute atomic E-state index is 11.6. The highest BCUT2D eigenvalue weighted by atomic mass is 16.6. The molecule has 1 aromatic rings. The molecule has 0 aliphatic carbocycles. The average Bonchev–Trinajstić information content (AvgIpc) is 2.50. The zero-order valence-corrected chi connectivity index (χ0v) is 15.4. The Kier molecular flexibility index (Phi) is 7.42. The number of carbonyl (C=O) groups excluding carboxylic acids is 2. The molecule has 2 atom stereocenters. The van der Waals surface area contributed by atoms with Gasteiger partial charge in [-0.15, -0.1) is 0 Å². The molecule has 1 amide bonds. The summed E-state index contributed by atoms with van der Waals surface area (Å²) in [5, 5.41) is 0. The van der Waals surface area contributed by atoms with E-state index in [9.17, 15) is 9.59 Å². The third-order valence-corrected chi connectivity index (χ3v) is 3.71. The lowest BCUT2D eigenvalue weighted by molar-refractivity contribution is -0.126.